The van der Waals surface area contributed by atoms with Gasteiger partial charge in [-0.3, -0.25) is 0 Å². The van der Waals surface area contributed by atoms with Crippen LogP contribution in [-0.2, 0) is 6.42 Å². The minimum absolute atomic E-state index is 0.305. The minimum atomic E-state index is 0.305. The average Bonchev–Trinajstić information content (AvgIpc) is 2.76. The SMILES string of the molecule is CCCCCCc1noc(N)c1-c1ccc(Cl)cc1Cl. The maximum absolute atomic E-state index is 6.24. The molecule has 0 spiro atoms. The number of hydrogen-bond donors (Lipinski definition) is 1. The molecule has 1 aromatic carbocycles. The van der Waals surface area contributed by atoms with Crippen molar-refractivity contribution in [1.29, 1.82) is 0 Å². The molecule has 2 rings (SSSR count). The van der Waals surface area contributed by atoms with Crippen molar-refractivity contribution in [2.24, 2.45) is 0 Å². The Labute approximate surface area is 129 Å². The molecule has 0 atom stereocenters. The number of aryl methyl sites for hydroxylation is 1. The Hall–Kier alpha value is -1.19. The van der Waals surface area contributed by atoms with Gasteiger partial charge in [-0.25, -0.2) is 0 Å². The number of aromatic nitrogens is 1. The lowest BCUT2D eigenvalue weighted by molar-refractivity contribution is 0.426. The Kier molecular flexibility index (Phi) is 5.32. The van der Waals surface area contributed by atoms with Crippen LogP contribution in [0.25, 0.3) is 11.1 Å². The van der Waals surface area contributed by atoms with Gasteiger partial charge in [-0.05, 0) is 25.0 Å². The smallest absolute Gasteiger partial charge is 0.230 e. The van der Waals surface area contributed by atoms with Crippen LogP contribution in [0, 0.1) is 0 Å². The zero-order valence-electron chi connectivity index (χ0n) is 11.5. The lowest BCUT2D eigenvalue weighted by Gasteiger charge is -2.05. The van der Waals surface area contributed by atoms with Gasteiger partial charge in [0.25, 0.3) is 0 Å². The number of nitrogens with zero attached hydrogens (tertiary/aromatic N) is 1. The van der Waals surface area contributed by atoms with E-state index in [9.17, 15) is 0 Å². The molecule has 0 amide bonds. The summed E-state index contributed by atoms with van der Waals surface area (Å²) in [5, 5.41) is 5.21. The first-order valence-electron chi connectivity index (χ1n) is 6.83. The summed E-state index contributed by atoms with van der Waals surface area (Å²) in [5.74, 6) is 0.305. The average molecular weight is 313 g/mol. The van der Waals surface area contributed by atoms with Gasteiger partial charge < -0.3 is 10.3 Å². The molecular formula is C15H18Cl2N2O. The zero-order valence-corrected chi connectivity index (χ0v) is 13.0. The number of hydrogen-bond acceptors (Lipinski definition) is 3. The van der Waals surface area contributed by atoms with E-state index in [1.54, 1.807) is 12.1 Å². The summed E-state index contributed by atoms with van der Waals surface area (Å²) in [6, 6.07) is 5.34. The van der Waals surface area contributed by atoms with Gasteiger partial charge in [-0.15, -0.1) is 0 Å². The topological polar surface area (TPSA) is 52.0 Å². The molecule has 20 heavy (non-hydrogen) atoms. The fourth-order valence-corrected chi connectivity index (χ4v) is 2.71. The van der Waals surface area contributed by atoms with Crippen molar-refractivity contribution in [1.82, 2.24) is 5.16 Å². The summed E-state index contributed by atoms with van der Waals surface area (Å²) in [4.78, 5) is 0. The van der Waals surface area contributed by atoms with Crippen molar-refractivity contribution in [3.63, 3.8) is 0 Å². The molecule has 0 saturated carbocycles. The molecule has 0 saturated heterocycles. The van der Waals surface area contributed by atoms with Crippen LogP contribution >= 0.6 is 23.2 Å². The van der Waals surface area contributed by atoms with Crippen LogP contribution in [0.3, 0.4) is 0 Å². The molecule has 0 radical (unpaired) electrons. The lowest BCUT2D eigenvalue weighted by Crippen LogP contribution is -1.92. The van der Waals surface area contributed by atoms with Crippen LogP contribution in [0.15, 0.2) is 22.7 Å². The molecule has 1 aromatic heterocycles. The molecule has 1 heterocycles. The van der Waals surface area contributed by atoms with E-state index in [0.717, 1.165) is 29.7 Å². The number of nitrogens with two attached hydrogens (primary N) is 1. The van der Waals surface area contributed by atoms with Gasteiger partial charge >= 0.3 is 0 Å². The Balaban J connectivity index is 2.24. The van der Waals surface area contributed by atoms with Crippen LogP contribution < -0.4 is 5.73 Å². The molecule has 108 valence electrons. The number of anilines is 1. The van der Waals surface area contributed by atoms with Crippen molar-refractivity contribution in [3.8, 4) is 11.1 Å². The molecule has 0 bridgehead atoms. The first-order valence-corrected chi connectivity index (χ1v) is 7.58. The summed E-state index contributed by atoms with van der Waals surface area (Å²) in [6.45, 7) is 2.19. The molecule has 0 aliphatic carbocycles. The van der Waals surface area contributed by atoms with Gasteiger partial charge in [-0.1, -0.05) is 60.6 Å². The van der Waals surface area contributed by atoms with Crippen LogP contribution in [0.4, 0.5) is 5.88 Å². The van der Waals surface area contributed by atoms with E-state index in [0.29, 0.717) is 15.9 Å². The molecule has 0 unspecified atom stereocenters. The van der Waals surface area contributed by atoms with Crippen LogP contribution in [0.5, 0.6) is 0 Å². The number of unbranched alkanes of at least 4 members (excludes halogenated alkanes) is 3. The highest BCUT2D eigenvalue weighted by atomic mass is 35.5. The maximum Gasteiger partial charge on any atom is 0.230 e. The number of halogens is 2. The molecule has 5 heteroatoms. The summed E-state index contributed by atoms with van der Waals surface area (Å²) in [6.07, 6.45) is 5.52. The fourth-order valence-electron chi connectivity index (χ4n) is 2.21. The molecular weight excluding hydrogens is 295 g/mol. The van der Waals surface area contributed by atoms with E-state index in [2.05, 4.69) is 12.1 Å². The van der Waals surface area contributed by atoms with Crippen molar-refractivity contribution < 1.29 is 4.52 Å². The first kappa shape index (κ1) is 15.2. The Morgan fingerprint density at radius 2 is 2.00 bits per heavy atom. The van der Waals surface area contributed by atoms with Crippen LogP contribution in [-0.4, -0.2) is 5.16 Å². The summed E-state index contributed by atoms with van der Waals surface area (Å²) < 4.78 is 5.13. The van der Waals surface area contributed by atoms with E-state index >= 15 is 0 Å². The molecule has 0 aliphatic rings. The molecule has 2 N–H and O–H groups in total. The molecule has 0 aliphatic heterocycles. The largest absolute Gasteiger partial charge is 0.367 e. The van der Waals surface area contributed by atoms with E-state index in [1.807, 2.05) is 6.07 Å². The van der Waals surface area contributed by atoms with Crippen LogP contribution in [0.2, 0.25) is 10.0 Å². The van der Waals surface area contributed by atoms with Gasteiger partial charge in [0.15, 0.2) is 0 Å². The second-order valence-electron chi connectivity index (χ2n) is 4.80. The predicted octanol–water partition coefficient (Wildman–Crippen LogP) is 5.35. The second-order valence-corrected chi connectivity index (χ2v) is 5.65. The van der Waals surface area contributed by atoms with Crippen molar-refractivity contribution in [3.05, 3.63) is 33.9 Å². The lowest BCUT2D eigenvalue weighted by atomic mass is 10.0. The zero-order chi connectivity index (χ0) is 14.5. The van der Waals surface area contributed by atoms with Crippen molar-refractivity contribution in [2.45, 2.75) is 39.0 Å². The van der Waals surface area contributed by atoms with Gasteiger partial charge in [0, 0.05) is 10.6 Å². The molecule has 3 nitrogen and oxygen atoms in total. The Bertz CT molecular complexity index is 581. The molecule has 2 aromatic rings. The van der Waals surface area contributed by atoms with Gasteiger partial charge in [-0.2, -0.15) is 0 Å². The monoisotopic (exact) mass is 312 g/mol. The Morgan fingerprint density at radius 1 is 1.20 bits per heavy atom. The number of nitrogen functional groups attached to an aromatic ring is 1. The predicted molar refractivity (Wildman–Crippen MR) is 84.2 cm³/mol. The number of benzene rings is 1. The van der Waals surface area contributed by atoms with Gasteiger partial charge in [0.05, 0.1) is 16.3 Å². The normalized spacial score (nSPS) is 10.9. The third-order valence-corrected chi connectivity index (χ3v) is 3.80. The van der Waals surface area contributed by atoms with Crippen molar-refractivity contribution in [2.75, 3.05) is 5.73 Å². The summed E-state index contributed by atoms with van der Waals surface area (Å²) in [7, 11) is 0. The third kappa shape index (κ3) is 3.47. The van der Waals surface area contributed by atoms with E-state index < -0.39 is 0 Å². The minimum Gasteiger partial charge on any atom is -0.367 e. The maximum atomic E-state index is 6.24. The summed E-state index contributed by atoms with van der Waals surface area (Å²) in [5.41, 5.74) is 8.37. The van der Waals surface area contributed by atoms with E-state index in [-0.39, 0.29) is 0 Å². The van der Waals surface area contributed by atoms with Gasteiger partial charge in [0.2, 0.25) is 5.88 Å². The number of rotatable bonds is 6. The highest BCUT2D eigenvalue weighted by molar-refractivity contribution is 6.36. The highest BCUT2D eigenvalue weighted by Crippen LogP contribution is 2.36. The van der Waals surface area contributed by atoms with Crippen molar-refractivity contribution >= 4 is 29.1 Å². The summed E-state index contributed by atoms with van der Waals surface area (Å²) >= 11 is 12.2. The standard InChI is InChI=1S/C15H18Cl2N2O/c1-2-3-4-5-6-13-14(15(18)20-19-13)11-8-7-10(16)9-12(11)17/h7-9H,2-6,18H2,1H3. The van der Waals surface area contributed by atoms with Crippen LogP contribution in [0.1, 0.15) is 38.3 Å². The van der Waals surface area contributed by atoms with E-state index in [1.165, 1.54) is 19.3 Å². The third-order valence-electron chi connectivity index (χ3n) is 3.26. The first-order chi connectivity index (χ1) is 9.63. The quantitative estimate of drug-likeness (QED) is 0.731. The highest BCUT2D eigenvalue weighted by Gasteiger charge is 2.18. The van der Waals surface area contributed by atoms with E-state index in [4.69, 9.17) is 33.5 Å². The fraction of sp³-hybridized carbons (Fsp3) is 0.400. The molecule has 0 fully saturated rings. The Morgan fingerprint density at radius 3 is 2.70 bits per heavy atom. The van der Waals surface area contributed by atoms with Gasteiger partial charge in [0.1, 0.15) is 0 Å². The second kappa shape index (κ2) is 7.00.